The van der Waals surface area contributed by atoms with Gasteiger partial charge in [-0.1, -0.05) is 0 Å². The molecule has 0 saturated carbocycles. The van der Waals surface area contributed by atoms with E-state index in [1.165, 1.54) is 40.2 Å². The largest absolute Gasteiger partial charge is 0.313 e. The van der Waals surface area contributed by atoms with Crippen LogP contribution in [0.25, 0.3) is 0 Å². The van der Waals surface area contributed by atoms with Crippen LogP contribution in [0.4, 0.5) is 0 Å². The summed E-state index contributed by atoms with van der Waals surface area (Å²) in [6.07, 6.45) is 2.66. The predicted octanol–water partition coefficient (Wildman–Crippen LogP) is 3.78. The molecule has 0 aromatic carbocycles. The van der Waals surface area contributed by atoms with Crippen LogP contribution >= 0.6 is 27.3 Å². The zero-order valence-corrected chi connectivity index (χ0v) is 13.9. The van der Waals surface area contributed by atoms with Gasteiger partial charge in [-0.05, 0) is 62.2 Å². The third-order valence-corrected chi connectivity index (χ3v) is 5.74. The van der Waals surface area contributed by atoms with Gasteiger partial charge in [0.2, 0.25) is 0 Å². The highest BCUT2D eigenvalue weighted by Gasteiger charge is 2.20. The smallest absolute Gasteiger partial charge is 0.0331 e. The summed E-state index contributed by atoms with van der Waals surface area (Å²) in [6, 6.07) is 3.57. The molecule has 1 aromatic heterocycles. The maximum atomic E-state index is 3.61. The van der Waals surface area contributed by atoms with Crippen LogP contribution in [0, 0.1) is 6.92 Å². The summed E-state index contributed by atoms with van der Waals surface area (Å²) in [5.74, 6) is 0. The first-order valence-electron chi connectivity index (χ1n) is 6.78. The highest BCUT2D eigenvalue weighted by molar-refractivity contribution is 9.10. The van der Waals surface area contributed by atoms with Gasteiger partial charge in [-0.15, -0.1) is 11.3 Å². The zero-order valence-electron chi connectivity index (χ0n) is 11.5. The third kappa shape index (κ3) is 3.80. The van der Waals surface area contributed by atoms with Gasteiger partial charge in [0.15, 0.2) is 0 Å². The molecule has 0 amide bonds. The van der Waals surface area contributed by atoms with Crippen LogP contribution in [-0.4, -0.2) is 30.1 Å². The van der Waals surface area contributed by atoms with E-state index in [1.54, 1.807) is 0 Å². The molecule has 1 aliphatic heterocycles. The summed E-state index contributed by atoms with van der Waals surface area (Å²) >= 11 is 5.52. The van der Waals surface area contributed by atoms with Crippen molar-refractivity contribution in [2.75, 3.05) is 13.1 Å². The van der Waals surface area contributed by atoms with Gasteiger partial charge in [-0.3, -0.25) is 4.90 Å². The molecule has 1 aliphatic rings. The van der Waals surface area contributed by atoms with Crippen molar-refractivity contribution in [2.24, 2.45) is 0 Å². The Labute approximate surface area is 123 Å². The van der Waals surface area contributed by atoms with Crippen LogP contribution in [0.1, 0.15) is 36.4 Å². The molecule has 4 heteroatoms. The molecule has 1 fully saturated rings. The lowest BCUT2D eigenvalue weighted by molar-refractivity contribution is 0.196. The second-order valence-electron chi connectivity index (χ2n) is 5.43. The monoisotopic (exact) mass is 330 g/mol. The van der Waals surface area contributed by atoms with Crippen molar-refractivity contribution in [3.05, 3.63) is 20.3 Å². The van der Waals surface area contributed by atoms with Crippen molar-refractivity contribution >= 4 is 27.3 Å². The molecular formula is C14H23BrN2S. The molecule has 1 aromatic rings. The number of nitrogens with zero attached hydrogens (tertiary/aromatic N) is 1. The van der Waals surface area contributed by atoms with E-state index in [-0.39, 0.29) is 0 Å². The first-order valence-corrected chi connectivity index (χ1v) is 8.39. The lowest BCUT2D eigenvalue weighted by atomic mass is 10.2. The Hall–Kier alpha value is 0.100. The highest BCUT2D eigenvalue weighted by Crippen LogP contribution is 2.27. The number of rotatable bonds is 5. The van der Waals surface area contributed by atoms with Crippen LogP contribution in [0.3, 0.4) is 0 Å². The Kier molecular flexibility index (Phi) is 5.24. The first kappa shape index (κ1) is 14.5. The van der Waals surface area contributed by atoms with Gasteiger partial charge in [-0.2, -0.15) is 0 Å². The molecule has 2 nitrogen and oxygen atoms in total. The molecule has 1 unspecified atom stereocenters. The Morgan fingerprint density at radius 1 is 1.56 bits per heavy atom. The van der Waals surface area contributed by atoms with Crippen LogP contribution in [-0.2, 0) is 6.54 Å². The van der Waals surface area contributed by atoms with Crippen molar-refractivity contribution in [1.82, 2.24) is 10.2 Å². The summed E-state index contributed by atoms with van der Waals surface area (Å²) in [5, 5.41) is 3.60. The van der Waals surface area contributed by atoms with Gasteiger partial charge >= 0.3 is 0 Å². The second kappa shape index (κ2) is 6.51. The van der Waals surface area contributed by atoms with E-state index in [4.69, 9.17) is 0 Å². The molecule has 0 spiro atoms. The van der Waals surface area contributed by atoms with Crippen LogP contribution in [0.2, 0.25) is 0 Å². The maximum absolute atomic E-state index is 3.61. The Balaban J connectivity index is 1.96. The summed E-state index contributed by atoms with van der Waals surface area (Å²) in [6.45, 7) is 10.2. The van der Waals surface area contributed by atoms with Crippen molar-refractivity contribution in [3.63, 3.8) is 0 Å². The number of aryl methyl sites for hydroxylation is 1. The molecule has 1 saturated heterocycles. The second-order valence-corrected chi connectivity index (χ2v) is 7.63. The van der Waals surface area contributed by atoms with Gasteiger partial charge in [0.05, 0.1) is 0 Å². The van der Waals surface area contributed by atoms with Crippen molar-refractivity contribution < 1.29 is 0 Å². The summed E-state index contributed by atoms with van der Waals surface area (Å²) < 4.78 is 1.25. The molecule has 2 rings (SSSR count). The van der Waals surface area contributed by atoms with Gasteiger partial charge in [0, 0.05) is 39.4 Å². The van der Waals surface area contributed by atoms with Crippen molar-refractivity contribution in [1.29, 1.82) is 0 Å². The van der Waals surface area contributed by atoms with E-state index in [0.29, 0.717) is 12.1 Å². The van der Waals surface area contributed by atoms with Crippen LogP contribution in [0.5, 0.6) is 0 Å². The van der Waals surface area contributed by atoms with Gasteiger partial charge in [0.25, 0.3) is 0 Å². The predicted molar refractivity (Wildman–Crippen MR) is 83.3 cm³/mol. The van der Waals surface area contributed by atoms with E-state index >= 15 is 0 Å². The summed E-state index contributed by atoms with van der Waals surface area (Å²) in [7, 11) is 0. The van der Waals surface area contributed by atoms with Gasteiger partial charge in [0.1, 0.15) is 0 Å². The van der Waals surface area contributed by atoms with Gasteiger partial charge in [-0.25, -0.2) is 0 Å². The number of thiophene rings is 1. The lowest BCUT2D eigenvalue weighted by Crippen LogP contribution is -2.40. The van der Waals surface area contributed by atoms with E-state index in [9.17, 15) is 0 Å². The normalized spacial score (nSPS) is 20.2. The number of halogens is 1. The molecule has 0 bridgehead atoms. The zero-order chi connectivity index (χ0) is 13.1. The Morgan fingerprint density at radius 3 is 2.83 bits per heavy atom. The van der Waals surface area contributed by atoms with E-state index in [0.717, 1.165) is 6.54 Å². The summed E-state index contributed by atoms with van der Waals surface area (Å²) in [5.41, 5.74) is 0. The SMILES string of the molecule is Cc1sc(CN(CC2CCCN2)C(C)C)cc1Br. The van der Waals surface area contributed by atoms with E-state index in [1.807, 2.05) is 11.3 Å². The minimum absolute atomic E-state index is 0.605. The fourth-order valence-electron chi connectivity index (χ4n) is 2.45. The minimum atomic E-state index is 0.605. The average Bonchev–Trinajstić information content (AvgIpc) is 2.89. The average molecular weight is 331 g/mol. The topological polar surface area (TPSA) is 15.3 Å². The number of hydrogen-bond acceptors (Lipinski definition) is 3. The van der Waals surface area contributed by atoms with Crippen LogP contribution < -0.4 is 5.32 Å². The van der Waals surface area contributed by atoms with E-state index < -0.39 is 0 Å². The first-order chi connectivity index (χ1) is 8.56. The Morgan fingerprint density at radius 2 is 2.33 bits per heavy atom. The third-order valence-electron chi connectivity index (χ3n) is 3.61. The highest BCUT2D eigenvalue weighted by atomic mass is 79.9. The maximum Gasteiger partial charge on any atom is 0.0331 e. The quantitative estimate of drug-likeness (QED) is 0.883. The minimum Gasteiger partial charge on any atom is -0.313 e. The molecule has 102 valence electrons. The van der Waals surface area contributed by atoms with E-state index in [2.05, 4.69) is 53.0 Å². The number of hydrogen-bond donors (Lipinski definition) is 1. The fraction of sp³-hybridized carbons (Fsp3) is 0.714. The van der Waals surface area contributed by atoms with Gasteiger partial charge < -0.3 is 5.32 Å². The molecule has 0 radical (unpaired) electrons. The van der Waals surface area contributed by atoms with Crippen molar-refractivity contribution in [3.8, 4) is 0 Å². The molecular weight excluding hydrogens is 308 g/mol. The molecule has 18 heavy (non-hydrogen) atoms. The molecule has 0 aliphatic carbocycles. The fourth-order valence-corrected chi connectivity index (χ4v) is 4.08. The lowest BCUT2D eigenvalue weighted by Gasteiger charge is -2.28. The summed E-state index contributed by atoms with van der Waals surface area (Å²) in [4.78, 5) is 5.43. The standard InChI is InChI=1S/C14H23BrN2S/c1-10(2)17(8-12-5-4-6-16-12)9-13-7-14(15)11(3)18-13/h7,10,12,16H,4-6,8-9H2,1-3H3. The number of nitrogens with one attached hydrogen (secondary N) is 1. The van der Waals surface area contributed by atoms with Crippen molar-refractivity contribution in [2.45, 2.75) is 52.2 Å². The molecule has 1 atom stereocenters. The molecule has 1 N–H and O–H groups in total. The Bertz CT molecular complexity index is 364. The molecule has 2 heterocycles. The van der Waals surface area contributed by atoms with Crippen LogP contribution in [0.15, 0.2) is 10.5 Å².